The summed E-state index contributed by atoms with van der Waals surface area (Å²) in [6.45, 7) is 5.60. The summed E-state index contributed by atoms with van der Waals surface area (Å²) in [5.41, 5.74) is 0.987. The predicted molar refractivity (Wildman–Crippen MR) is 70.6 cm³/mol. The van der Waals surface area contributed by atoms with E-state index in [2.05, 4.69) is 13.8 Å². The average Bonchev–Trinajstić information content (AvgIpc) is 2.38. The molecule has 1 saturated heterocycles. The van der Waals surface area contributed by atoms with Gasteiger partial charge in [0.05, 0.1) is 14.2 Å². The van der Waals surface area contributed by atoms with Gasteiger partial charge in [-0.05, 0) is 17.6 Å². The summed E-state index contributed by atoms with van der Waals surface area (Å²) in [4.78, 5) is 0. The summed E-state index contributed by atoms with van der Waals surface area (Å²) in [7, 11) is 2.91. The molecule has 1 heterocycles. The van der Waals surface area contributed by atoms with Crippen LogP contribution in [-0.4, -0.2) is 34.6 Å². The van der Waals surface area contributed by atoms with Crippen LogP contribution in [-0.2, 0) is 9.31 Å². The molecule has 1 fully saturated rings. The normalized spacial score (nSPS) is 18.6. The van der Waals surface area contributed by atoms with Gasteiger partial charge >= 0.3 is 7.12 Å². The van der Waals surface area contributed by atoms with Gasteiger partial charge in [0.1, 0.15) is 11.5 Å². The van der Waals surface area contributed by atoms with Crippen LogP contribution < -0.4 is 14.9 Å². The number of ether oxygens (including phenoxy) is 2. The van der Waals surface area contributed by atoms with E-state index in [-0.39, 0.29) is 12.5 Å². The Morgan fingerprint density at radius 2 is 1.50 bits per heavy atom. The molecule has 98 valence electrons. The van der Waals surface area contributed by atoms with Gasteiger partial charge in [0.15, 0.2) is 0 Å². The summed E-state index contributed by atoms with van der Waals surface area (Å²) in [5, 5.41) is 0. The largest absolute Gasteiger partial charge is 0.497 e. The third-order valence-corrected chi connectivity index (χ3v) is 2.90. The molecule has 0 spiro atoms. The van der Waals surface area contributed by atoms with Gasteiger partial charge in [-0.1, -0.05) is 13.8 Å². The fraction of sp³-hybridized carbons (Fsp3) is 0.538. The SMILES string of the molecule is COc1cc(OC)cc(B2OCC(C)(C)CO2)c1. The first-order chi connectivity index (χ1) is 8.54. The molecule has 5 heteroatoms. The highest BCUT2D eigenvalue weighted by Gasteiger charge is 2.33. The van der Waals surface area contributed by atoms with Crippen molar-refractivity contribution in [3.63, 3.8) is 0 Å². The van der Waals surface area contributed by atoms with Crippen LogP contribution in [0.15, 0.2) is 18.2 Å². The van der Waals surface area contributed by atoms with Crippen molar-refractivity contribution in [1.29, 1.82) is 0 Å². The van der Waals surface area contributed by atoms with Crippen LogP contribution in [0, 0.1) is 5.41 Å². The van der Waals surface area contributed by atoms with Gasteiger partial charge in [0, 0.05) is 24.7 Å². The molecule has 0 aromatic heterocycles. The molecule has 1 aliphatic rings. The lowest BCUT2D eigenvalue weighted by Gasteiger charge is -2.33. The maximum absolute atomic E-state index is 5.74. The lowest BCUT2D eigenvalue weighted by Crippen LogP contribution is -2.47. The molecule has 1 aliphatic heterocycles. The van der Waals surface area contributed by atoms with Crippen molar-refractivity contribution < 1.29 is 18.8 Å². The Labute approximate surface area is 108 Å². The zero-order chi connectivity index (χ0) is 13.2. The average molecular weight is 250 g/mol. The molecule has 0 atom stereocenters. The Kier molecular flexibility index (Phi) is 3.83. The fourth-order valence-electron chi connectivity index (χ4n) is 1.85. The van der Waals surface area contributed by atoms with Crippen molar-refractivity contribution >= 4 is 12.6 Å². The fourth-order valence-corrected chi connectivity index (χ4v) is 1.85. The lowest BCUT2D eigenvalue weighted by atomic mass is 9.76. The summed E-state index contributed by atoms with van der Waals surface area (Å²) >= 11 is 0. The quantitative estimate of drug-likeness (QED) is 0.761. The summed E-state index contributed by atoms with van der Waals surface area (Å²) in [6.07, 6.45) is 0. The zero-order valence-electron chi connectivity index (χ0n) is 11.4. The Bertz CT molecular complexity index is 387. The van der Waals surface area contributed by atoms with Crippen LogP contribution >= 0.6 is 0 Å². The van der Waals surface area contributed by atoms with E-state index in [0.29, 0.717) is 13.2 Å². The van der Waals surface area contributed by atoms with E-state index in [1.165, 1.54) is 0 Å². The minimum atomic E-state index is -0.345. The molecular formula is C13H19BO4. The van der Waals surface area contributed by atoms with Gasteiger partial charge in [-0.25, -0.2) is 0 Å². The highest BCUT2D eigenvalue weighted by Crippen LogP contribution is 2.23. The zero-order valence-corrected chi connectivity index (χ0v) is 11.4. The van der Waals surface area contributed by atoms with Crippen molar-refractivity contribution in [2.75, 3.05) is 27.4 Å². The molecule has 0 unspecified atom stereocenters. The van der Waals surface area contributed by atoms with Crippen LogP contribution in [0.5, 0.6) is 11.5 Å². The number of benzene rings is 1. The summed E-state index contributed by atoms with van der Waals surface area (Å²) in [6, 6.07) is 5.65. The standard InChI is InChI=1S/C13H19BO4/c1-13(2)8-17-14(18-9-13)10-5-11(15-3)7-12(6-10)16-4/h5-7H,8-9H2,1-4H3. The Hall–Kier alpha value is -1.20. The number of rotatable bonds is 3. The molecule has 0 saturated carbocycles. The van der Waals surface area contributed by atoms with Crippen LogP contribution in [0.2, 0.25) is 0 Å². The van der Waals surface area contributed by atoms with Crippen molar-refractivity contribution in [2.45, 2.75) is 13.8 Å². The Morgan fingerprint density at radius 3 is 1.94 bits per heavy atom. The maximum Gasteiger partial charge on any atom is 0.494 e. The second-order valence-corrected chi connectivity index (χ2v) is 5.26. The van der Waals surface area contributed by atoms with Crippen molar-refractivity contribution in [3.8, 4) is 11.5 Å². The molecule has 0 N–H and O–H groups in total. The minimum absolute atomic E-state index is 0.0689. The highest BCUT2D eigenvalue weighted by molar-refractivity contribution is 6.61. The maximum atomic E-state index is 5.74. The van der Waals surface area contributed by atoms with E-state index in [0.717, 1.165) is 17.0 Å². The molecule has 1 aromatic rings. The third-order valence-electron chi connectivity index (χ3n) is 2.90. The van der Waals surface area contributed by atoms with E-state index in [1.54, 1.807) is 14.2 Å². The summed E-state index contributed by atoms with van der Waals surface area (Å²) < 4.78 is 22.0. The van der Waals surface area contributed by atoms with E-state index in [1.807, 2.05) is 18.2 Å². The van der Waals surface area contributed by atoms with Crippen molar-refractivity contribution in [1.82, 2.24) is 0 Å². The molecule has 1 aromatic carbocycles. The minimum Gasteiger partial charge on any atom is -0.497 e. The van der Waals surface area contributed by atoms with Crippen LogP contribution in [0.4, 0.5) is 0 Å². The lowest BCUT2D eigenvalue weighted by molar-refractivity contribution is 0.0343. The van der Waals surface area contributed by atoms with E-state index in [9.17, 15) is 0 Å². The van der Waals surface area contributed by atoms with Gasteiger partial charge in [-0.15, -0.1) is 0 Å². The number of hydrogen-bond acceptors (Lipinski definition) is 4. The van der Waals surface area contributed by atoms with Crippen LogP contribution in [0.1, 0.15) is 13.8 Å². The van der Waals surface area contributed by atoms with Gasteiger partial charge in [-0.2, -0.15) is 0 Å². The molecule has 0 radical (unpaired) electrons. The monoisotopic (exact) mass is 250 g/mol. The number of hydrogen-bond donors (Lipinski definition) is 0. The summed E-state index contributed by atoms with van der Waals surface area (Å²) in [5.74, 6) is 1.47. The first-order valence-corrected chi connectivity index (χ1v) is 6.00. The predicted octanol–water partition coefficient (Wildman–Crippen LogP) is 1.47. The van der Waals surface area contributed by atoms with E-state index in [4.69, 9.17) is 18.8 Å². The van der Waals surface area contributed by atoms with Gasteiger partial charge in [0.25, 0.3) is 0 Å². The van der Waals surface area contributed by atoms with Gasteiger partial charge in [0.2, 0.25) is 0 Å². The van der Waals surface area contributed by atoms with Crippen molar-refractivity contribution in [3.05, 3.63) is 18.2 Å². The molecule has 18 heavy (non-hydrogen) atoms. The first kappa shape index (κ1) is 13.2. The second kappa shape index (κ2) is 5.20. The van der Waals surface area contributed by atoms with E-state index < -0.39 is 0 Å². The molecule has 0 bridgehead atoms. The van der Waals surface area contributed by atoms with Crippen molar-refractivity contribution in [2.24, 2.45) is 5.41 Å². The Balaban J connectivity index is 2.18. The van der Waals surface area contributed by atoms with Crippen LogP contribution in [0.25, 0.3) is 0 Å². The molecule has 0 aliphatic carbocycles. The van der Waals surface area contributed by atoms with Crippen LogP contribution in [0.3, 0.4) is 0 Å². The van der Waals surface area contributed by atoms with Gasteiger partial charge in [-0.3, -0.25) is 0 Å². The first-order valence-electron chi connectivity index (χ1n) is 6.00. The highest BCUT2D eigenvalue weighted by atomic mass is 16.6. The molecule has 4 nitrogen and oxygen atoms in total. The second-order valence-electron chi connectivity index (χ2n) is 5.26. The topological polar surface area (TPSA) is 36.9 Å². The molecular weight excluding hydrogens is 231 g/mol. The molecule has 0 amide bonds. The molecule has 2 rings (SSSR count). The van der Waals surface area contributed by atoms with E-state index >= 15 is 0 Å². The number of methoxy groups -OCH3 is 2. The van der Waals surface area contributed by atoms with Gasteiger partial charge < -0.3 is 18.8 Å². The Morgan fingerprint density at radius 1 is 1.00 bits per heavy atom. The third kappa shape index (κ3) is 2.97. The smallest absolute Gasteiger partial charge is 0.494 e.